The van der Waals surface area contributed by atoms with Crippen LogP contribution in [-0.4, -0.2) is 24.7 Å². The van der Waals surface area contributed by atoms with Crippen LogP contribution in [0.1, 0.15) is 37.2 Å². The lowest BCUT2D eigenvalue weighted by atomic mass is 9.75. The molecule has 1 aliphatic carbocycles. The zero-order chi connectivity index (χ0) is 15.5. The molecule has 1 aliphatic rings. The number of aromatic nitrogens is 5. The Morgan fingerprint density at radius 3 is 2.74 bits per heavy atom. The quantitative estimate of drug-likeness (QED) is 0.800. The van der Waals surface area contributed by atoms with Gasteiger partial charge in [-0.15, -0.1) is 0 Å². The number of benzene rings is 1. The summed E-state index contributed by atoms with van der Waals surface area (Å²) in [6, 6.07) is 8.82. The first-order chi connectivity index (χ1) is 11.4. The summed E-state index contributed by atoms with van der Waals surface area (Å²) < 4.78 is 2.21. The van der Waals surface area contributed by atoms with Crippen molar-refractivity contribution in [2.24, 2.45) is 5.92 Å². The van der Waals surface area contributed by atoms with E-state index in [1.165, 1.54) is 31.2 Å². The van der Waals surface area contributed by atoms with E-state index in [2.05, 4.69) is 55.2 Å². The summed E-state index contributed by atoms with van der Waals surface area (Å²) >= 11 is 0. The van der Waals surface area contributed by atoms with Gasteiger partial charge < -0.3 is 4.57 Å². The van der Waals surface area contributed by atoms with Crippen molar-refractivity contribution in [3.63, 3.8) is 0 Å². The summed E-state index contributed by atoms with van der Waals surface area (Å²) in [7, 11) is 0. The van der Waals surface area contributed by atoms with Crippen LogP contribution in [0, 0.1) is 5.92 Å². The van der Waals surface area contributed by atoms with Crippen molar-refractivity contribution in [2.45, 2.75) is 38.1 Å². The summed E-state index contributed by atoms with van der Waals surface area (Å²) in [4.78, 5) is 8.39. The highest BCUT2D eigenvalue weighted by Crippen LogP contribution is 2.39. The van der Waals surface area contributed by atoms with E-state index in [-0.39, 0.29) is 0 Å². The van der Waals surface area contributed by atoms with Crippen LogP contribution in [0.4, 0.5) is 0 Å². The van der Waals surface area contributed by atoms with E-state index in [0.717, 1.165) is 17.9 Å². The molecular weight excluding hydrogens is 286 g/mol. The average Bonchev–Trinajstić information content (AvgIpc) is 3.29. The minimum absolute atomic E-state index is 0.634. The van der Waals surface area contributed by atoms with Gasteiger partial charge in [0.1, 0.15) is 6.33 Å². The highest BCUT2D eigenvalue weighted by molar-refractivity contribution is 5.54. The van der Waals surface area contributed by atoms with Gasteiger partial charge in [-0.3, -0.25) is 5.10 Å². The summed E-state index contributed by atoms with van der Waals surface area (Å²) in [6.45, 7) is 1.06. The molecule has 2 atom stereocenters. The van der Waals surface area contributed by atoms with Crippen LogP contribution in [0.15, 0.2) is 49.3 Å². The Kier molecular flexibility index (Phi) is 3.92. The molecule has 0 aliphatic heterocycles. The molecule has 0 spiro atoms. The van der Waals surface area contributed by atoms with Crippen molar-refractivity contribution in [1.29, 1.82) is 0 Å². The topological polar surface area (TPSA) is 59.4 Å². The molecule has 118 valence electrons. The van der Waals surface area contributed by atoms with Crippen molar-refractivity contribution in [3.05, 3.63) is 54.9 Å². The molecule has 23 heavy (non-hydrogen) atoms. The Balaban J connectivity index is 1.54. The molecule has 5 heteroatoms. The van der Waals surface area contributed by atoms with Gasteiger partial charge in [0.25, 0.3) is 0 Å². The first-order valence-corrected chi connectivity index (χ1v) is 8.31. The molecule has 0 bridgehead atoms. The van der Waals surface area contributed by atoms with Crippen molar-refractivity contribution in [1.82, 2.24) is 24.7 Å². The molecule has 0 radical (unpaired) electrons. The summed E-state index contributed by atoms with van der Waals surface area (Å²) in [5.41, 5.74) is 2.53. The SMILES string of the molecule is c1cn(CC2CCCCC2c2ccc(-c3ncn[nH]3)cc2)cn1. The third kappa shape index (κ3) is 3.04. The van der Waals surface area contributed by atoms with Crippen molar-refractivity contribution in [3.8, 4) is 11.4 Å². The minimum Gasteiger partial charge on any atom is -0.337 e. The van der Waals surface area contributed by atoms with Crippen LogP contribution in [0.5, 0.6) is 0 Å². The molecule has 1 aromatic carbocycles. The lowest BCUT2D eigenvalue weighted by molar-refractivity contribution is 0.274. The largest absolute Gasteiger partial charge is 0.337 e. The van der Waals surface area contributed by atoms with Crippen LogP contribution < -0.4 is 0 Å². The normalized spacial score (nSPS) is 21.4. The Morgan fingerprint density at radius 1 is 1.13 bits per heavy atom. The number of hydrogen-bond acceptors (Lipinski definition) is 3. The minimum atomic E-state index is 0.634. The standard InChI is InChI=1S/C18H21N5/c1-2-4-17(16(3-1)11-23-10-9-19-13-23)14-5-7-15(8-6-14)18-20-12-21-22-18/h5-10,12-13,16-17H,1-4,11H2,(H,20,21,22). The Bertz CT molecular complexity index is 715. The number of nitrogens with zero attached hydrogens (tertiary/aromatic N) is 4. The maximum atomic E-state index is 4.22. The smallest absolute Gasteiger partial charge is 0.155 e. The van der Waals surface area contributed by atoms with E-state index in [1.807, 2.05) is 12.5 Å². The maximum Gasteiger partial charge on any atom is 0.155 e. The van der Waals surface area contributed by atoms with Crippen LogP contribution >= 0.6 is 0 Å². The zero-order valence-electron chi connectivity index (χ0n) is 13.1. The molecule has 1 fully saturated rings. The third-order valence-electron chi connectivity index (χ3n) is 4.94. The lowest BCUT2D eigenvalue weighted by Crippen LogP contribution is -2.22. The molecule has 0 amide bonds. The van der Waals surface area contributed by atoms with Crippen LogP contribution in [-0.2, 0) is 6.54 Å². The summed E-state index contributed by atoms with van der Waals surface area (Å²) in [6.07, 6.45) is 12.7. The van der Waals surface area contributed by atoms with Crippen molar-refractivity contribution in [2.75, 3.05) is 0 Å². The summed E-state index contributed by atoms with van der Waals surface area (Å²) in [5.74, 6) is 2.15. The van der Waals surface area contributed by atoms with E-state index >= 15 is 0 Å². The van der Waals surface area contributed by atoms with Crippen LogP contribution in [0.25, 0.3) is 11.4 Å². The highest BCUT2D eigenvalue weighted by Gasteiger charge is 2.26. The monoisotopic (exact) mass is 307 g/mol. The van der Waals surface area contributed by atoms with Gasteiger partial charge in [-0.2, -0.15) is 5.10 Å². The van der Waals surface area contributed by atoms with E-state index in [4.69, 9.17) is 0 Å². The zero-order valence-corrected chi connectivity index (χ0v) is 13.1. The van der Waals surface area contributed by atoms with Crippen molar-refractivity contribution >= 4 is 0 Å². The highest BCUT2D eigenvalue weighted by atomic mass is 15.2. The fourth-order valence-corrected chi connectivity index (χ4v) is 3.76. The van der Waals surface area contributed by atoms with Crippen LogP contribution in [0.2, 0.25) is 0 Å². The molecule has 1 saturated carbocycles. The lowest BCUT2D eigenvalue weighted by Gasteiger charge is -2.32. The third-order valence-corrected chi connectivity index (χ3v) is 4.94. The predicted molar refractivity (Wildman–Crippen MR) is 88.7 cm³/mol. The second-order valence-corrected chi connectivity index (χ2v) is 6.37. The number of nitrogens with one attached hydrogen (secondary N) is 1. The fraction of sp³-hybridized carbons (Fsp3) is 0.389. The maximum absolute atomic E-state index is 4.22. The van der Waals surface area contributed by atoms with E-state index in [1.54, 1.807) is 6.33 Å². The predicted octanol–water partition coefficient (Wildman–Crippen LogP) is 3.64. The molecular formula is C18H21N5. The van der Waals surface area contributed by atoms with Gasteiger partial charge >= 0.3 is 0 Å². The average molecular weight is 307 g/mol. The van der Waals surface area contributed by atoms with Crippen molar-refractivity contribution < 1.29 is 0 Å². The first-order valence-electron chi connectivity index (χ1n) is 8.31. The van der Waals surface area contributed by atoms with Gasteiger partial charge in [-0.05, 0) is 30.2 Å². The second kappa shape index (κ2) is 6.36. The van der Waals surface area contributed by atoms with Gasteiger partial charge in [0, 0.05) is 24.5 Å². The molecule has 4 rings (SSSR count). The number of H-pyrrole nitrogens is 1. The van der Waals surface area contributed by atoms with Gasteiger partial charge in [0.2, 0.25) is 0 Å². The molecule has 2 unspecified atom stereocenters. The van der Waals surface area contributed by atoms with Gasteiger partial charge in [0.15, 0.2) is 5.82 Å². The van der Waals surface area contributed by atoms with Gasteiger partial charge in [-0.25, -0.2) is 9.97 Å². The first kappa shape index (κ1) is 14.2. The van der Waals surface area contributed by atoms with E-state index in [0.29, 0.717) is 11.8 Å². The van der Waals surface area contributed by atoms with Gasteiger partial charge in [-0.1, -0.05) is 37.1 Å². The second-order valence-electron chi connectivity index (χ2n) is 6.37. The number of hydrogen-bond donors (Lipinski definition) is 1. The molecule has 0 saturated heterocycles. The molecule has 5 nitrogen and oxygen atoms in total. The van der Waals surface area contributed by atoms with E-state index < -0.39 is 0 Å². The fourth-order valence-electron chi connectivity index (χ4n) is 3.76. The Hall–Kier alpha value is -2.43. The molecule has 3 aromatic rings. The Morgan fingerprint density at radius 2 is 2.00 bits per heavy atom. The summed E-state index contributed by atoms with van der Waals surface area (Å²) in [5, 5.41) is 6.84. The molecule has 2 heterocycles. The number of aromatic amines is 1. The number of rotatable bonds is 4. The van der Waals surface area contributed by atoms with Crippen LogP contribution in [0.3, 0.4) is 0 Å². The van der Waals surface area contributed by atoms with Gasteiger partial charge in [0.05, 0.1) is 6.33 Å². The van der Waals surface area contributed by atoms with E-state index in [9.17, 15) is 0 Å². The molecule has 2 aromatic heterocycles. The Labute approximate surface area is 135 Å². The molecule has 1 N–H and O–H groups in total. The number of imidazole rings is 1.